The van der Waals surface area contributed by atoms with Crippen molar-refractivity contribution in [3.05, 3.63) is 41.3 Å². The van der Waals surface area contributed by atoms with Gasteiger partial charge in [0.2, 0.25) is 5.95 Å². The van der Waals surface area contributed by atoms with E-state index in [0.29, 0.717) is 17.7 Å². The van der Waals surface area contributed by atoms with Gasteiger partial charge in [-0.25, -0.2) is 9.37 Å². The molecule has 0 amide bonds. The first kappa shape index (κ1) is 17.6. The quantitative estimate of drug-likeness (QED) is 0.709. The van der Waals surface area contributed by atoms with E-state index in [1.54, 1.807) is 6.07 Å². The Kier molecular flexibility index (Phi) is 5.18. The maximum atomic E-state index is 13.3. The number of anilines is 3. The normalized spacial score (nSPS) is 15.3. The number of nitrogens with zero attached hydrogens (tertiary/aromatic N) is 2. The van der Waals surface area contributed by atoms with E-state index < -0.39 is 0 Å². The molecule has 1 heterocycles. The third kappa shape index (κ3) is 4.45. The Morgan fingerprint density at radius 3 is 2.60 bits per heavy atom. The van der Waals surface area contributed by atoms with Gasteiger partial charge in [-0.15, -0.1) is 0 Å². The molecule has 1 saturated carbocycles. The van der Waals surface area contributed by atoms with Crippen molar-refractivity contribution >= 4 is 17.5 Å². The van der Waals surface area contributed by atoms with Crippen LogP contribution in [0.2, 0.25) is 0 Å². The molecule has 0 unspecified atom stereocenters. The zero-order valence-electron chi connectivity index (χ0n) is 14.9. The molecule has 1 aromatic heterocycles. The van der Waals surface area contributed by atoms with Crippen molar-refractivity contribution in [2.24, 2.45) is 5.92 Å². The summed E-state index contributed by atoms with van der Waals surface area (Å²) in [4.78, 5) is 9.14. The molecule has 0 spiro atoms. The average Bonchev–Trinajstić information content (AvgIpc) is 3.40. The lowest BCUT2D eigenvalue weighted by Gasteiger charge is -2.21. The number of hydrogen-bond acceptors (Lipinski definition) is 5. The molecule has 5 nitrogen and oxygen atoms in total. The predicted octanol–water partition coefficient (Wildman–Crippen LogP) is 3.97. The minimum atomic E-state index is -0.255. The Morgan fingerprint density at radius 1 is 1.24 bits per heavy atom. The molecule has 1 aromatic carbocycles. The largest absolute Gasteiger partial charge is 0.394 e. The molecule has 3 rings (SSSR count). The van der Waals surface area contributed by atoms with Gasteiger partial charge in [-0.05, 0) is 49.4 Å². The highest BCUT2D eigenvalue weighted by atomic mass is 19.1. The van der Waals surface area contributed by atoms with Crippen LogP contribution in [-0.2, 0) is 0 Å². The fourth-order valence-electron chi connectivity index (χ4n) is 2.68. The lowest BCUT2D eigenvalue weighted by atomic mass is 10.1. The van der Waals surface area contributed by atoms with Gasteiger partial charge >= 0.3 is 0 Å². The van der Waals surface area contributed by atoms with E-state index in [2.05, 4.69) is 20.6 Å². The second-order valence-electron chi connectivity index (χ2n) is 7.04. The van der Waals surface area contributed by atoms with Gasteiger partial charge in [-0.1, -0.05) is 13.8 Å². The minimum Gasteiger partial charge on any atom is -0.394 e. The topological polar surface area (TPSA) is 70.1 Å². The number of rotatable bonds is 7. The van der Waals surface area contributed by atoms with Crippen LogP contribution < -0.4 is 10.6 Å². The van der Waals surface area contributed by atoms with Crippen LogP contribution in [0.15, 0.2) is 24.3 Å². The predicted molar refractivity (Wildman–Crippen MR) is 97.8 cm³/mol. The van der Waals surface area contributed by atoms with Gasteiger partial charge in [-0.2, -0.15) is 4.98 Å². The number of benzene rings is 1. The number of nitrogens with one attached hydrogen (secondary N) is 2. The average molecular weight is 344 g/mol. The molecule has 0 radical (unpaired) electrons. The Bertz CT molecular complexity index is 746. The van der Waals surface area contributed by atoms with Crippen molar-refractivity contribution in [3.8, 4) is 0 Å². The molecule has 0 bridgehead atoms. The van der Waals surface area contributed by atoms with E-state index in [1.165, 1.54) is 12.1 Å². The van der Waals surface area contributed by atoms with Crippen molar-refractivity contribution in [1.29, 1.82) is 0 Å². The van der Waals surface area contributed by atoms with Crippen molar-refractivity contribution < 1.29 is 9.50 Å². The third-order valence-electron chi connectivity index (χ3n) is 4.51. The molecule has 2 aromatic rings. The number of aromatic nitrogens is 2. The van der Waals surface area contributed by atoms with Crippen molar-refractivity contribution in [3.63, 3.8) is 0 Å². The molecular formula is C19H25FN4O. The first-order chi connectivity index (χ1) is 12.0. The first-order valence-electron chi connectivity index (χ1n) is 8.76. The van der Waals surface area contributed by atoms with Crippen LogP contribution in [-0.4, -0.2) is 27.7 Å². The molecule has 25 heavy (non-hydrogen) atoms. The SMILES string of the molecule is Cc1cc(F)ccc1Nc1cc(C2CC2)nc(N[C@@H](CO)C(C)C)n1. The highest BCUT2D eigenvalue weighted by molar-refractivity contribution is 5.61. The zero-order chi connectivity index (χ0) is 18.0. The Morgan fingerprint density at radius 2 is 2.00 bits per heavy atom. The Hall–Kier alpha value is -2.21. The second kappa shape index (κ2) is 7.35. The first-order valence-corrected chi connectivity index (χ1v) is 8.76. The molecule has 134 valence electrons. The summed E-state index contributed by atoms with van der Waals surface area (Å²) in [5.41, 5.74) is 2.63. The fourth-order valence-corrected chi connectivity index (χ4v) is 2.68. The molecule has 6 heteroatoms. The molecule has 3 N–H and O–H groups in total. The van der Waals surface area contributed by atoms with Crippen LogP contribution in [0.25, 0.3) is 0 Å². The van der Waals surface area contributed by atoms with E-state index in [4.69, 9.17) is 0 Å². The summed E-state index contributed by atoms with van der Waals surface area (Å²) in [7, 11) is 0. The van der Waals surface area contributed by atoms with Crippen LogP contribution in [0.4, 0.5) is 21.8 Å². The molecule has 0 saturated heterocycles. The highest BCUT2D eigenvalue weighted by Crippen LogP contribution is 2.40. The summed E-state index contributed by atoms with van der Waals surface area (Å²) >= 11 is 0. The van der Waals surface area contributed by atoms with Gasteiger partial charge in [0.15, 0.2) is 0 Å². The fraction of sp³-hybridized carbons (Fsp3) is 0.474. The lowest BCUT2D eigenvalue weighted by molar-refractivity contribution is 0.248. The highest BCUT2D eigenvalue weighted by Gasteiger charge is 2.26. The van der Waals surface area contributed by atoms with Gasteiger partial charge in [-0.3, -0.25) is 0 Å². The number of aliphatic hydroxyl groups is 1. The van der Waals surface area contributed by atoms with E-state index >= 15 is 0 Å². The minimum absolute atomic E-state index is 0.0223. The monoisotopic (exact) mass is 344 g/mol. The van der Waals surface area contributed by atoms with Gasteiger partial charge in [0.1, 0.15) is 11.6 Å². The molecule has 1 aliphatic carbocycles. The third-order valence-corrected chi connectivity index (χ3v) is 4.51. The lowest BCUT2D eigenvalue weighted by Crippen LogP contribution is -2.30. The summed E-state index contributed by atoms with van der Waals surface area (Å²) in [6, 6.07) is 6.48. The molecule has 1 atom stereocenters. The molecular weight excluding hydrogens is 319 g/mol. The van der Waals surface area contributed by atoms with E-state index in [0.717, 1.165) is 29.8 Å². The van der Waals surface area contributed by atoms with Crippen LogP contribution in [0.5, 0.6) is 0 Å². The van der Waals surface area contributed by atoms with Crippen LogP contribution in [0, 0.1) is 18.7 Å². The summed E-state index contributed by atoms with van der Waals surface area (Å²) in [6.07, 6.45) is 2.28. The van der Waals surface area contributed by atoms with E-state index in [1.807, 2.05) is 26.8 Å². The molecule has 1 aliphatic rings. The van der Waals surface area contributed by atoms with Crippen molar-refractivity contribution in [1.82, 2.24) is 9.97 Å². The number of hydrogen-bond donors (Lipinski definition) is 3. The smallest absolute Gasteiger partial charge is 0.225 e. The zero-order valence-corrected chi connectivity index (χ0v) is 14.9. The van der Waals surface area contributed by atoms with Crippen molar-refractivity contribution in [2.45, 2.75) is 45.6 Å². The van der Waals surface area contributed by atoms with Crippen LogP contribution in [0.3, 0.4) is 0 Å². The maximum Gasteiger partial charge on any atom is 0.225 e. The number of aliphatic hydroxyl groups excluding tert-OH is 1. The summed E-state index contributed by atoms with van der Waals surface area (Å²) in [5.74, 6) is 1.67. The summed E-state index contributed by atoms with van der Waals surface area (Å²) in [5, 5.41) is 16.0. The molecule has 0 aliphatic heterocycles. The van der Waals surface area contributed by atoms with Gasteiger partial charge in [0, 0.05) is 17.7 Å². The Labute approximate surface area is 147 Å². The van der Waals surface area contributed by atoms with Gasteiger partial charge in [0.05, 0.1) is 18.3 Å². The maximum absolute atomic E-state index is 13.3. The summed E-state index contributed by atoms with van der Waals surface area (Å²) in [6.45, 7) is 5.96. The standard InChI is InChI=1S/C19H25FN4O/c1-11(2)17(10-25)23-19-22-16(13-4-5-13)9-18(24-19)21-15-7-6-14(20)8-12(15)3/h6-9,11,13,17,25H,4-5,10H2,1-3H3,(H2,21,22,23,24)/t17-/m0/s1. The number of aryl methyl sites for hydroxylation is 1. The second-order valence-corrected chi connectivity index (χ2v) is 7.04. The van der Waals surface area contributed by atoms with E-state index in [9.17, 15) is 9.50 Å². The summed E-state index contributed by atoms with van der Waals surface area (Å²) < 4.78 is 13.3. The van der Waals surface area contributed by atoms with Crippen LogP contribution in [0.1, 0.15) is 43.9 Å². The van der Waals surface area contributed by atoms with E-state index in [-0.39, 0.29) is 24.4 Å². The van der Waals surface area contributed by atoms with Gasteiger partial charge < -0.3 is 15.7 Å². The van der Waals surface area contributed by atoms with Crippen molar-refractivity contribution in [2.75, 3.05) is 17.2 Å². The number of halogens is 1. The molecule has 1 fully saturated rings. The van der Waals surface area contributed by atoms with Gasteiger partial charge in [0.25, 0.3) is 0 Å². The Balaban J connectivity index is 1.87. The van der Waals surface area contributed by atoms with Crippen LogP contribution >= 0.6 is 0 Å².